The first-order chi connectivity index (χ1) is 9.74. The van der Waals surface area contributed by atoms with Crippen molar-refractivity contribution >= 4 is 28.5 Å². The Morgan fingerprint density at radius 2 is 2.00 bits per heavy atom. The van der Waals surface area contributed by atoms with Gasteiger partial charge in [-0.05, 0) is 43.4 Å². The number of thioether (sulfide) groups is 1. The molecule has 1 aromatic carbocycles. The fourth-order valence-corrected chi connectivity index (χ4v) is 2.42. The lowest BCUT2D eigenvalue weighted by Crippen LogP contribution is -2.27. The molecule has 0 atom stereocenters. The number of amides is 1. The molecule has 1 saturated heterocycles. The number of benzene rings is 1. The largest absolute Gasteiger partial charge is 0.339 e. The van der Waals surface area contributed by atoms with Crippen LogP contribution < -0.4 is 5.32 Å². The molecule has 0 spiro atoms. The van der Waals surface area contributed by atoms with Gasteiger partial charge >= 0.3 is 0 Å². The van der Waals surface area contributed by atoms with Gasteiger partial charge in [0.1, 0.15) is 0 Å². The molecular weight excluding hydrogens is 272 g/mol. The van der Waals surface area contributed by atoms with Gasteiger partial charge in [-0.1, -0.05) is 11.8 Å². The molecule has 1 fully saturated rings. The average Bonchev–Trinajstić information content (AvgIpc) is 3.01. The van der Waals surface area contributed by atoms with Gasteiger partial charge in [0.05, 0.1) is 5.69 Å². The van der Waals surface area contributed by atoms with Crippen molar-refractivity contribution in [2.24, 2.45) is 4.99 Å². The van der Waals surface area contributed by atoms with Gasteiger partial charge in [-0.3, -0.25) is 10.1 Å². The van der Waals surface area contributed by atoms with E-state index >= 15 is 0 Å². The standard InChI is InChI=1S/C14H16N4OS/c1-20-14(16-10-15)17-12-6-4-11(5-7-12)13(19)18-8-2-3-9-18/h4-7H,2-3,8-9H2,1H3,(H,16,17). The number of amidine groups is 1. The SMILES string of the molecule is CSC(=Nc1ccc(C(=O)N2CCCC2)cc1)NC#N. The average molecular weight is 288 g/mol. The maximum Gasteiger partial charge on any atom is 0.253 e. The van der Waals surface area contributed by atoms with Gasteiger partial charge in [-0.25, -0.2) is 4.99 Å². The van der Waals surface area contributed by atoms with Crippen LogP contribution in [0.25, 0.3) is 0 Å². The number of aliphatic imine (C=N–C) groups is 1. The van der Waals surface area contributed by atoms with E-state index in [-0.39, 0.29) is 5.91 Å². The Labute approximate surface area is 122 Å². The second kappa shape index (κ2) is 6.96. The van der Waals surface area contributed by atoms with Crippen molar-refractivity contribution in [3.63, 3.8) is 0 Å². The van der Waals surface area contributed by atoms with Crippen molar-refractivity contribution in [2.45, 2.75) is 12.8 Å². The van der Waals surface area contributed by atoms with E-state index < -0.39 is 0 Å². The van der Waals surface area contributed by atoms with Gasteiger partial charge in [0.2, 0.25) is 0 Å². The molecule has 0 aliphatic carbocycles. The van der Waals surface area contributed by atoms with Crippen LogP contribution in [0.5, 0.6) is 0 Å². The number of carbonyl (C=O) groups is 1. The summed E-state index contributed by atoms with van der Waals surface area (Å²) in [5, 5.41) is 11.6. The highest BCUT2D eigenvalue weighted by Gasteiger charge is 2.19. The Morgan fingerprint density at radius 1 is 1.35 bits per heavy atom. The Hall–Kier alpha value is -2.00. The zero-order valence-corrected chi connectivity index (χ0v) is 12.1. The predicted octanol–water partition coefficient (Wildman–Crippen LogP) is 2.34. The molecule has 1 N–H and O–H groups in total. The van der Waals surface area contributed by atoms with Crippen LogP contribution in [0.3, 0.4) is 0 Å². The first-order valence-electron chi connectivity index (χ1n) is 6.41. The molecule has 5 nitrogen and oxygen atoms in total. The quantitative estimate of drug-likeness (QED) is 0.392. The number of nitrogens with one attached hydrogen (secondary N) is 1. The molecule has 1 aliphatic heterocycles. The third-order valence-electron chi connectivity index (χ3n) is 3.09. The van der Waals surface area contributed by atoms with Gasteiger partial charge in [0.15, 0.2) is 11.4 Å². The maximum atomic E-state index is 12.2. The monoisotopic (exact) mass is 288 g/mol. The first-order valence-corrected chi connectivity index (χ1v) is 7.64. The third-order valence-corrected chi connectivity index (χ3v) is 3.67. The van der Waals surface area contributed by atoms with Crippen LogP contribution in [0.4, 0.5) is 5.69 Å². The lowest BCUT2D eigenvalue weighted by Gasteiger charge is -2.15. The highest BCUT2D eigenvalue weighted by atomic mass is 32.2. The number of nitriles is 1. The van der Waals surface area contributed by atoms with E-state index in [1.165, 1.54) is 11.8 Å². The molecule has 1 aromatic rings. The molecule has 0 saturated carbocycles. The van der Waals surface area contributed by atoms with Crippen LogP contribution in [0.1, 0.15) is 23.2 Å². The van der Waals surface area contributed by atoms with E-state index in [0.29, 0.717) is 10.7 Å². The predicted molar refractivity (Wildman–Crippen MR) is 80.9 cm³/mol. The van der Waals surface area contributed by atoms with E-state index in [4.69, 9.17) is 5.26 Å². The fourth-order valence-electron chi connectivity index (χ4n) is 2.07. The molecular formula is C14H16N4OS. The smallest absolute Gasteiger partial charge is 0.253 e. The summed E-state index contributed by atoms with van der Waals surface area (Å²) in [5.41, 5.74) is 1.40. The highest BCUT2D eigenvalue weighted by molar-refractivity contribution is 8.13. The summed E-state index contributed by atoms with van der Waals surface area (Å²) in [6.45, 7) is 1.70. The number of hydrogen-bond donors (Lipinski definition) is 1. The van der Waals surface area contributed by atoms with Gasteiger partial charge < -0.3 is 4.90 Å². The molecule has 6 heteroatoms. The maximum absolute atomic E-state index is 12.2. The minimum atomic E-state index is 0.0817. The van der Waals surface area contributed by atoms with Crippen molar-refractivity contribution in [3.05, 3.63) is 29.8 Å². The zero-order valence-electron chi connectivity index (χ0n) is 11.3. The Morgan fingerprint density at radius 3 is 2.55 bits per heavy atom. The van der Waals surface area contributed by atoms with Crippen LogP contribution in [0, 0.1) is 11.5 Å². The minimum Gasteiger partial charge on any atom is -0.339 e. The van der Waals surface area contributed by atoms with E-state index in [1.54, 1.807) is 24.3 Å². The molecule has 1 heterocycles. The van der Waals surface area contributed by atoms with E-state index in [2.05, 4.69) is 10.3 Å². The van der Waals surface area contributed by atoms with Gasteiger partial charge in [-0.2, -0.15) is 5.26 Å². The van der Waals surface area contributed by atoms with Crippen LogP contribution in [0.2, 0.25) is 0 Å². The van der Waals surface area contributed by atoms with E-state index in [1.807, 2.05) is 17.3 Å². The summed E-state index contributed by atoms with van der Waals surface area (Å²) >= 11 is 1.36. The number of hydrogen-bond acceptors (Lipinski definition) is 4. The number of likely N-dealkylation sites (tertiary alicyclic amines) is 1. The molecule has 1 aliphatic rings. The molecule has 0 aromatic heterocycles. The second-order valence-electron chi connectivity index (χ2n) is 4.40. The van der Waals surface area contributed by atoms with Crippen LogP contribution in [0.15, 0.2) is 29.3 Å². The van der Waals surface area contributed by atoms with Crippen LogP contribution >= 0.6 is 11.8 Å². The first kappa shape index (κ1) is 14.4. The number of rotatable bonds is 2. The fraction of sp³-hybridized carbons (Fsp3) is 0.357. The zero-order chi connectivity index (χ0) is 14.4. The molecule has 2 rings (SSSR count). The lowest BCUT2D eigenvalue weighted by atomic mass is 10.2. The van der Waals surface area contributed by atoms with Crippen molar-refractivity contribution in [1.82, 2.24) is 10.2 Å². The van der Waals surface area contributed by atoms with E-state index in [0.717, 1.165) is 31.6 Å². The van der Waals surface area contributed by atoms with Crippen molar-refractivity contribution in [3.8, 4) is 6.19 Å². The van der Waals surface area contributed by atoms with E-state index in [9.17, 15) is 4.79 Å². The van der Waals surface area contributed by atoms with Crippen molar-refractivity contribution in [2.75, 3.05) is 19.3 Å². The highest BCUT2D eigenvalue weighted by Crippen LogP contribution is 2.18. The second-order valence-corrected chi connectivity index (χ2v) is 5.20. The van der Waals surface area contributed by atoms with Gasteiger partial charge in [-0.15, -0.1) is 0 Å². The van der Waals surface area contributed by atoms with Crippen LogP contribution in [-0.2, 0) is 0 Å². The molecule has 0 unspecified atom stereocenters. The Bertz CT molecular complexity index is 541. The van der Waals surface area contributed by atoms with Crippen molar-refractivity contribution in [1.29, 1.82) is 5.26 Å². The minimum absolute atomic E-state index is 0.0817. The summed E-state index contributed by atoms with van der Waals surface area (Å²) in [6, 6.07) is 7.14. The third kappa shape index (κ3) is 3.52. The Kier molecular flexibility index (Phi) is 5.02. The number of carbonyl (C=O) groups excluding carboxylic acids is 1. The van der Waals surface area contributed by atoms with Gasteiger partial charge in [0, 0.05) is 18.7 Å². The molecule has 1 amide bonds. The van der Waals surface area contributed by atoms with Gasteiger partial charge in [0.25, 0.3) is 5.91 Å². The molecule has 0 radical (unpaired) electrons. The van der Waals surface area contributed by atoms with Crippen molar-refractivity contribution < 1.29 is 4.79 Å². The molecule has 0 bridgehead atoms. The lowest BCUT2D eigenvalue weighted by molar-refractivity contribution is 0.0793. The molecule has 20 heavy (non-hydrogen) atoms. The summed E-state index contributed by atoms with van der Waals surface area (Å²) < 4.78 is 0. The summed E-state index contributed by atoms with van der Waals surface area (Å²) in [6.07, 6.45) is 5.86. The topological polar surface area (TPSA) is 68.5 Å². The normalized spacial score (nSPS) is 15.0. The summed E-state index contributed by atoms with van der Waals surface area (Å²) in [4.78, 5) is 18.3. The molecule has 104 valence electrons. The van der Waals surface area contributed by atoms with Crippen LogP contribution in [-0.4, -0.2) is 35.3 Å². The Balaban J connectivity index is 2.09. The summed E-state index contributed by atoms with van der Waals surface area (Å²) in [5.74, 6) is 0.0817. The summed E-state index contributed by atoms with van der Waals surface area (Å²) in [7, 11) is 0. The number of nitrogens with zero attached hydrogens (tertiary/aromatic N) is 3.